The summed E-state index contributed by atoms with van der Waals surface area (Å²) in [7, 11) is 0. The molecule has 2 aliphatic rings. The first kappa shape index (κ1) is 14.4. The van der Waals surface area contributed by atoms with E-state index in [1.807, 2.05) is 0 Å². The van der Waals surface area contributed by atoms with Crippen molar-refractivity contribution in [3.8, 4) is 0 Å². The first-order valence-corrected chi connectivity index (χ1v) is 7.33. The van der Waals surface area contributed by atoms with Crippen LogP contribution in [0.4, 0.5) is 0 Å². The molecule has 2 rings (SSSR count). The van der Waals surface area contributed by atoms with Crippen LogP contribution in [0.5, 0.6) is 0 Å². The summed E-state index contributed by atoms with van der Waals surface area (Å²) in [5, 5.41) is 9.16. The molecule has 0 radical (unpaired) electrons. The van der Waals surface area contributed by atoms with E-state index in [4.69, 9.17) is 9.47 Å². The average molecular weight is 250 g/mol. The van der Waals surface area contributed by atoms with E-state index in [-0.39, 0.29) is 24.2 Å². The number of aliphatic hydroxyl groups excluding tert-OH is 1. The van der Waals surface area contributed by atoms with E-state index in [0.29, 0.717) is 5.92 Å². The molecule has 2 aliphatic heterocycles. The van der Waals surface area contributed by atoms with E-state index in [9.17, 15) is 5.11 Å². The van der Waals surface area contributed by atoms with Crippen molar-refractivity contribution in [2.45, 2.75) is 63.6 Å². The Morgan fingerprint density at radius 1 is 1.44 bits per heavy atom. The number of aliphatic hydroxyl groups is 1. The standard InChI is InChI=1S/C13H24B2O3/c1-3-5-6-10(4-2)9-17-11-7-13(14-15-13)18-12(11)8-16/h10-12,16H,3-9H2,1-2H3/t10-,11?,12?/m1/s1. The molecule has 5 heteroatoms. The predicted octanol–water partition coefficient (Wildman–Crippen LogP) is 1.36. The molecule has 2 unspecified atom stereocenters. The fourth-order valence-electron chi connectivity index (χ4n) is 2.64. The summed E-state index contributed by atoms with van der Waals surface area (Å²) >= 11 is 0. The Bertz CT molecular complexity index is 290. The van der Waals surface area contributed by atoms with Crippen LogP contribution in [0, 0.1) is 5.92 Å². The van der Waals surface area contributed by atoms with Gasteiger partial charge in [-0.05, 0) is 0 Å². The van der Waals surface area contributed by atoms with E-state index < -0.39 is 0 Å². The van der Waals surface area contributed by atoms with Crippen molar-refractivity contribution < 1.29 is 14.6 Å². The second kappa shape index (κ2) is 6.44. The van der Waals surface area contributed by atoms with Crippen LogP contribution in [0.15, 0.2) is 0 Å². The van der Waals surface area contributed by atoms with Gasteiger partial charge in [0, 0.05) is 0 Å². The Morgan fingerprint density at radius 2 is 2.22 bits per heavy atom. The molecule has 2 heterocycles. The summed E-state index contributed by atoms with van der Waals surface area (Å²) in [6, 6.07) is 0. The molecule has 0 bridgehead atoms. The summed E-state index contributed by atoms with van der Waals surface area (Å²) in [4.78, 5) is 0. The fourth-order valence-corrected chi connectivity index (χ4v) is 2.64. The van der Waals surface area contributed by atoms with Crippen LogP contribution < -0.4 is 0 Å². The molecule has 0 aliphatic carbocycles. The summed E-state index contributed by atoms with van der Waals surface area (Å²) in [5.41, 5.74) is 0. The zero-order valence-electron chi connectivity index (χ0n) is 11.6. The van der Waals surface area contributed by atoms with Crippen LogP contribution >= 0.6 is 0 Å². The first-order valence-electron chi connectivity index (χ1n) is 7.33. The van der Waals surface area contributed by atoms with Crippen molar-refractivity contribution >= 4 is 13.6 Å². The van der Waals surface area contributed by atoms with Gasteiger partial charge in [0.05, 0.1) is 0 Å². The third-order valence-electron chi connectivity index (χ3n) is 4.11. The van der Waals surface area contributed by atoms with Gasteiger partial charge in [0.2, 0.25) is 0 Å². The van der Waals surface area contributed by atoms with E-state index in [0.717, 1.165) is 13.0 Å². The van der Waals surface area contributed by atoms with Crippen molar-refractivity contribution in [2.24, 2.45) is 5.92 Å². The van der Waals surface area contributed by atoms with Crippen molar-refractivity contribution in [1.29, 1.82) is 0 Å². The Kier molecular flexibility index (Phi) is 5.16. The SMILES string of the molecule is CCCC[C@@H](CC)COC1CC2(B=B2)OC1CO. The molecular weight excluding hydrogens is 226 g/mol. The summed E-state index contributed by atoms with van der Waals surface area (Å²) in [6.07, 6.45) is 5.72. The maximum atomic E-state index is 9.33. The Morgan fingerprint density at radius 3 is 2.78 bits per heavy atom. The molecule has 0 aromatic carbocycles. The van der Waals surface area contributed by atoms with Crippen molar-refractivity contribution in [3.63, 3.8) is 0 Å². The van der Waals surface area contributed by atoms with Gasteiger partial charge in [-0.2, -0.15) is 0 Å². The summed E-state index contributed by atoms with van der Waals surface area (Å²) < 4.78 is 11.8. The van der Waals surface area contributed by atoms with Crippen LogP contribution in [0.3, 0.4) is 0 Å². The molecule has 0 aromatic heterocycles. The molecule has 1 spiro atoms. The van der Waals surface area contributed by atoms with Crippen LogP contribution in [-0.2, 0) is 9.47 Å². The second-order valence-electron chi connectivity index (χ2n) is 5.62. The van der Waals surface area contributed by atoms with Gasteiger partial charge < -0.3 is 0 Å². The monoisotopic (exact) mass is 250 g/mol. The number of ether oxygens (including phenoxy) is 2. The van der Waals surface area contributed by atoms with Gasteiger partial charge in [0.15, 0.2) is 0 Å². The van der Waals surface area contributed by atoms with E-state index in [1.54, 1.807) is 0 Å². The van der Waals surface area contributed by atoms with Gasteiger partial charge in [-0.25, -0.2) is 0 Å². The number of unbranched alkanes of at least 4 members (excludes halogenated alkanes) is 1. The molecule has 0 amide bonds. The fraction of sp³-hybridized carbons (Fsp3) is 1.00. The first-order chi connectivity index (χ1) is 8.73. The molecule has 1 saturated heterocycles. The molecule has 3 atom stereocenters. The third kappa shape index (κ3) is 3.52. The van der Waals surface area contributed by atoms with Gasteiger partial charge >= 0.3 is 111 Å². The minimum atomic E-state index is -0.163. The van der Waals surface area contributed by atoms with Crippen LogP contribution in [0.1, 0.15) is 46.0 Å². The van der Waals surface area contributed by atoms with Gasteiger partial charge in [-0.1, -0.05) is 0 Å². The maximum absolute atomic E-state index is 9.33. The van der Waals surface area contributed by atoms with Gasteiger partial charge in [-0.15, -0.1) is 0 Å². The third-order valence-corrected chi connectivity index (χ3v) is 4.11. The van der Waals surface area contributed by atoms with Crippen LogP contribution in [0.25, 0.3) is 0 Å². The average Bonchev–Trinajstić information content (AvgIpc) is 3.04. The van der Waals surface area contributed by atoms with Gasteiger partial charge in [0.25, 0.3) is 0 Å². The molecule has 0 aromatic rings. The quantitative estimate of drug-likeness (QED) is 0.661. The minimum absolute atomic E-state index is 0.0554. The molecule has 1 N–H and O–H groups in total. The van der Waals surface area contributed by atoms with Crippen molar-refractivity contribution in [3.05, 3.63) is 0 Å². The predicted molar refractivity (Wildman–Crippen MR) is 73.9 cm³/mol. The molecule has 1 fully saturated rings. The Balaban J connectivity index is 1.74. The van der Waals surface area contributed by atoms with E-state index in [1.165, 1.54) is 25.7 Å². The van der Waals surface area contributed by atoms with E-state index in [2.05, 4.69) is 27.5 Å². The van der Waals surface area contributed by atoms with Crippen molar-refractivity contribution in [1.82, 2.24) is 0 Å². The molecule has 18 heavy (non-hydrogen) atoms. The zero-order chi connectivity index (χ0) is 13.0. The van der Waals surface area contributed by atoms with Gasteiger partial charge in [0.1, 0.15) is 0 Å². The number of hydrogen-bond acceptors (Lipinski definition) is 3. The molecule has 100 valence electrons. The Hall–Kier alpha value is 0.00987. The normalized spacial score (nSPS) is 29.1. The number of hydrogen-bond donors (Lipinski definition) is 1. The van der Waals surface area contributed by atoms with E-state index >= 15 is 0 Å². The second-order valence-corrected chi connectivity index (χ2v) is 5.62. The number of rotatable bonds is 8. The van der Waals surface area contributed by atoms with Gasteiger partial charge in [-0.3, -0.25) is 0 Å². The van der Waals surface area contributed by atoms with Crippen LogP contribution in [-0.4, -0.2) is 49.5 Å². The molecular formula is C13H24B2O3. The molecule has 3 nitrogen and oxygen atoms in total. The van der Waals surface area contributed by atoms with Crippen LogP contribution in [0.2, 0.25) is 0 Å². The van der Waals surface area contributed by atoms with Crippen molar-refractivity contribution in [2.75, 3.05) is 13.2 Å². The molecule has 0 saturated carbocycles. The zero-order valence-corrected chi connectivity index (χ0v) is 11.6. The Labute approximate surface area is 111 Å². The summed E-state index contributed by atoms with van der Waals surface area (Å²) in [6.45, 7) is 9.43. The topological polar surface area (TPSA) is 38.7 Å². The summed E-state index contributed by atoms with van der Waals surface area (Å²) in [5.74, 6) is 0.646.